The minimum absolute atomic E-state index is 0.0826. The molecule has 1 saturated heterocycles. The van der Waals surface area contributed by atoms with Gasteiger partial charge in [0.05, 0.1) is 12.7 Å². The second kappa shape index (κ2) is 3.75. The monoisotopic (exact) mass is 179 g/mol. The second-order valence-electron chi connectivity index (χ2n) is 3.33. The van der Waals surface area contributed by atoms with E-state index in [1.165, 1.54) is 0 Å². The number of nitrogens with zero attached hydrogens (tertiary/aromatic N) is 1. The van der Waals surface area contributed by atoms with Crippen molar-refractivity contribution < 1.29 is 4.74 Å². The molecule has 0 aromatic carbocycles. The number of aromatic nitrogens is 1. The number of epoxide rings is 1. The van der Waals surface area contributed by atoms with Gasteiger partial charge in [0.25, 0.3) is 0 Å². The predicted molar refractivity (Wildman–Crippen MR) is 49.7 cm³/mol. The van der Waals surface area contributed by atoms with Gasteiger partial charge in [-0.15, -0.1) is 0 Å². The number of aryl methyl sites for hydroxylation is 1. The van der Waals surface area contributed by atoms with Crippen LogP contribution in [0.1, 0.15) is 12.8 Å². The van der Waals surface area contributed by atoms with E-state index in [1.807, 2.05) is 12.3 Å². The van der Waals surface area contributed by atoms with Gasteiger partial charge in [-0.05, 0) is 18.9 Å². The summed E-state index contributed by atoms with van der Waals surface area (Å²) >= 11 is 0. The van der Waals surface area contributed by atoms with E-state index in [2.05, 4.69) is 0 Å². The minimum atomic E-state index is 0.0826. The topological polar surface area (TPSA) is 34.5 Å². The van der Waals surface area contributed by atoms with Crippen LogP contribution in [-0.4, -0.2) is 17.3 Å². The van der Waals surface area contributed by atoms with Crippen LogP contribution in [0.25, 0.3) is 0 Å². The van der Waals surface area contributed by atoms with Crippen molar-refractivity contribution >= 4 is 0 Å². The van der Waals surface area contributed by atoms with Gasteiger partial charge in [-0.3, -0.25) is 4.79 Å². The zero-order valence-corrected chi connectivity index (χ0v) is 7.48. The van der Waals surface area contributed by atoms with Crippen LogP contribution in [0, 0.1) is 0 Å². The third-order valence-corrected chi connectivity index (χ3v) is 2.23. The quantitative estimate of drug-likeness (QED) is 0.647. The first-order valence-corrected chi connectivity index (χ1v) is 4.63. The molecule has 1 fully saturated rings. The highest BCUT2D eigenvalue weighted by atomic mass is 16.6. The molecule has 1 aromatic heterocycles. The van der Waals surface area contributed by atoms with Crippen LogP contribution in [-0.2, 0) is 11.3 Å². The lowest BCUT2D eigenvalue weighted by molar-refractivity contribution is 0.385. The lowest BCUT2D eigenvalue weighted by atomic mass is 10.2. The number of hydrogen-bond acceptors (Lipinski definition) is 2. The van der Waals surface area contributed by atoms with E-state index >= 15 is 0 Å². The van der Waals surface area contributed by atoms with Crippen LogP contribution in [0.15, 0.2) is 29.2 Å². The van der Waals surface area contributed by atoms with E-state index in [4.69, 9.17) is 4.74 Å². The van der Waals surface area contributed by atoms with E-state index in [1.54, 1.807) is 16.7 Å². The third kappa shape index (κ3) is 2.42. The van der Waals surface area contributed by atoms with Crippen molar-refractivity contribution in [3.8, 4) is 0 Å². The molecular weight excluding hydrogens is 166 g/mol. The smallest absolute Gasteiger partial charge is 0.250 e. The van der Waals surface area contributed by atoms with Crippen LogP contribution in [0.5, 0.6) is 0 Å². The first-order valence-electron chi connectivity index (χ1n) is 4.63. The second-order valence-corrected chi connectivity index (χ2v) is 3.33. The Hall–Kier alpha value is -1.09. The number of hydrogen-bond donors (Lipinski definition) is 0. The fourth-order valence-corrected chi connectivity index (χ4v) is 1.37. The average molecular weight is 179 g/mol. The van der Waals surface area contributed by atoms with Gasteiger partial charge in [-0.25, -0.2) is 0 Å². The molecule has 1 aliphatic heterocycles. The van der Waals surface area contributed by atoms with E-state index < -0.39 is 0 Å². The minimum Gasteiger partial charge on any atom is -0.373 e. The number of pyridine rings is 1. The molecule has 70 valence electrons. The molecule has 0 saturated carbocycles. The summed E-state index contributed by atoms with van der Waals surface area (Å²) in [6, 6.07) is 5.24. The average Bonchev–Trinajstić information content (AvgIpc) is 2.92. The van der Waals surface area contributed by atoms with E-state index in [-0.39, 0.29) is 5.56 Å². The fourth-order valence-electron chi connectivity index (χ4n) is 1.37. The van der Waals surface area contributed by atoms with Crippen LogP contribution in [0.3, 0.4) is 0 Å². The van der Waals surface area contributed by atoms with Gasteiger partial charge in [0.15, 0.2) is 0 Å². The van der Waals surface area contributed by atoms with Gasteiger partial charge in [0.1, 0.15) is 0 Å². The summed E-state index contributed by atoms with van der Waals surface area (Å²) in [7, 11) is 0. The maximum Gasteiger partial charge on any atom is 0.250 e. The summed E-state index contributed by atoms with van der Waals surface area (Å²) in [5.74, 6) is 0. The van der Waals surface area contributed by atoms with E-state index in [0.29, 0.717) is 6.10 Å². The first-order chi connectivity index (χ1) is 6.36. The molecule has 3 nitrogen and oxygen atoms in total. The van der Waals surface area contributed by atoms with Crippen molar-refractivity contribution in [3.05, 3.63) is 34.7 Å². The Bertz CT molecular complexity index is 328. The standard InChI is InChI=1S/C10H13NO2/c12-10-5-1-2-6-11(10)7-3-4-9-8-13-9/h1-2,5-6,9H,3-4,7-8H2. The lowest BCUT2D eigenvalue weighted by Gasteiger charge is -2.02. The Kier molecular flexibility index (Phi) is 2.45. The van der Waals surface area contributed by atoms with Crippen LogP contribution in [0.2, 0.25) is 0 Å². The first kappa shape index (κ1) is 8.51. The summed E-state index contributed by atoms with van der Waals surface area (Å²) in [4.78, 5) is 11.2. The molecule has 3 heteroatoms. The van der Waals surface area contributed by atoms with Crippen molar-refractivity contribution in [2.75, 3.05) is 6.61 Å². The van der Waals surface area contributed by atoms with E-state index in [9.17, 15) is 4.79 Å². The molecule has 13 heavy (non-hydrogen) atoms. The molecule has 1 atom stereocenters. The molecular formula is C10H13NO2. The summed E-state index contributed by atoms with van der Waals surface area (Å²) in [5.41, 5.74) is 0.0826. The molecule has 1 unspecified atom stereocenters. The molecule has 0 aliphatic carbocycles. The Morgan fingerprint density at radius 1 is 1.54 bits per heavy atom. The van der Waals surface area contributed by atoms with Crippen molar-refractivity contribution in [1.82, 2.24) is 4.57 Å². The van der Waals surface area contributed by atoms with Crippen molar-refractivity contribution in [1.29, 1.82) is 0 Å². The molecule has 2 heterocycles. The predicted octanol–water partition coefficient (Wildman–Crippen LogP) is 1.03. The molecule has 0 bridgehead atoms. The summed E-state index contributed by atoms with van der Waals surface area (Å²) in [6.45, 7) is 1.71. The molecule has 2 rings (SSSR count). The molecule has 1 aromatic rings. The van der Waals surface area contributed by atoms with Gasteiger partial charge in [-0.1, -0.05) is 6.07 Å². The van der Waals surface area contributed by atoms with Gasteiger partial charge in [0.2, 0.25) is 5.56 Å². The molecule has 0 radical (unpaired) electrons. The number of ether oxygens (including phenoxy) is 1. The zero-order valence-electron chi connectivity index (χ0n) is 7.48. The molecule has 0 amide bonds. The fraction of sp³-hybridized carbons (Fsp3) is 0.500. The zero-order chi connectivity index (χ0) is 9.10. The lowest BCUT2D eigenvalue weighted by Crippen LogP contribution is -2.17. The highest BCUT2D eigenvalue weighted by molar-refractivity contribution is 4.93. The summed E-state index contributed by atoms with van der Waals surface area (Å²) < 4.78 is 6.83. The van der Waals surface area contributed by atoms with Crippen molar-refractivity contribution in [2.24, 2.45) is 0 Å². The Labute approximate surface area is 77.0 Å². The number of rotatable bonds is 4. The Morgan fingerprint density at radius 2 is 2.38 bits per heavy atom. The van der Waals surface area contributed by atoms with Gasteiger partial charge >= 0.3 is 0 Å². The summed E-state index contributed by atoms with van der Waals surface area (Å²) in [6.07, 6.45) is 4.39. The third-order valence-electron chi connectivity index (χ3n) is 2.23. The van der Waals surface area contributed by atoms with Crippen LogP contribution >= 0.6 is 0 Å². The summed E-state index contributed by atoms with van der Waals surface area (Å²) in [5, 5.41) is 0. The SMILES string of the molecule is O=c1ccccn1CCCC1CO1. The largest absolute Gasteiger partial charge is 0.373 e. The highest BCUT2D eigenvalue weighted by Gasteiger charge is 2.21. The Balaban J connectivity index is 1.85. The van der Waals surface area contributed by atoms with Gasteiger partial charge in [0, 0.05) is 18.8 Å². The Morgan fingerprint density at radius 3 is 3.08 bits per heavy atom. The van der Waals surface area contributed by atoms with Crippen molar-refractivity contribution in [2.45, 2.75) is 25.5 Å². The normalized spacial score (nSPS) is 20.2. The van der Waals surface area contributed by atoms with Crippen molar-refractivity contribution in [3.63, 3.8) is 0 Å². The van der Waals surface area contributed by atoms with Crippen LogP contribution in [0.4, 0.5) is 0 Å². The van der Waals surface area contributed by atoms with Crippen LogP contribution < -0.4 is 5.56 Å². The van der Waals surface area contributed by atoms with Gasteiger partial charge < -0.3 is 9.30 Å². The molecule has 0 N–H and O–H groups in total. The van der Waals surface area contributed by atoms with Gasteiger partial charge in [-0.2, -0.15) is 0 Å². The maximum atomic E-state index is 11.2. The maximum absolute atomic E-state index is 11.2. The molecule has 1 aliphatic rings. The highest BCUT2D eigenvalue weighted by Crippen LogP contribution is 2.15. The molecule has 0 spiro atoms. The van der Waals surface area contributed by atoms with E-state index in [0.717, 1.165) is 26.0 Å².